The Labute approximate surface area is 136 Å². The van der Waals surface area contributed by atoms with Crippen LogP contribution in [0.5, 0.6) is 5.75 Å². The molecule has 0 radical (unpaired) electrons. The lowest BCUT2D eigenvalue weighted by Gasteiger charge is -2.14. The summed E-state index contributed by atoms with van der Waals surface area (Å²) in [5.41, 5.74) is 1.47. The molecule has 0 amide bonds. The van der Waals surface area contributed by atoms with Crippen LogP contribution in [0.4, 0.5) is 0 Å². The van der Waals surface area contributed by atoms with Gasteiger partial charge in [0.15, 0.2) is 0 Å². The Morgan fingerprint density at radius 2 is 1.17 bits per heavy atom. The highest BCUT2D eigenvalue weighted by Gasteiger charge is 2.11. The zero-order valence-corrected chi connectivity index (χ0v) is 13.3. The fourth-order valence-electron chi connectivity index (χ4n) is 4.08. The Bertz CT molecular complexity index is 851. The summed E-state index contributed by atoms with van der Waals surface area (Å²) in [7, 11) is 0. The van der Waals surface area contributed by atoms with Crippen LogP contribution in [0.1, 0.15) is 31.2 Å². The Kier molecular flexibility index (Phi) is 2.94. The van der Waals surface area contributed by atoms with Crippen molar-refractivity contribution in [2.24, 2.45) is 0 Å². The summed E-state index contributed by atoms with van der Waals surface area (Å²) in [6.07, 6.45) is 6.14. The summed E-state index contributed by atoms with van der Waals surface area (Å²) in [5.74, 6) is 1.01. The first-order valence-electron chi connectivity index (χ1n) is 8.73. The molecule has 8 rings (SSSR count). The van der Waals surface area contributed by atoms with Gasteiger partial charge in [-0.25, -0.2) is 0 Å². The molecule has 4 aromatic rings. The molecule has 0 saturated heterocycles. The molecule has 0 aromatic heterocycles. The van der Waals surface area contributed by atoms with E-state index in [0.717, 1.165) is 18.8 Å². The number of hydrogen-bond acceptors (Lipinski definition) is 1. The number of ether oxygens (including phenoxy) is 1. The average Bonchev–Trinajstić information content (AvgIpc) is 2.59. The van der Waals surface area contributed by atoms with Gasteiger partial charge in [0, 0.05) is 0 Å². The van der Waals surface area contributed by atoms with Gasteiger partial charge in [-0.05, 0) is 69.3 Å². The largest absolute Gasteiger partial charge is 0.494 e. The normalized spacial score (nSPS) is 16.0. The van der Waals surface area contributed by atoms with E-state index in [1.54, 1.807) is 0 Å². The van der Waals surface area contributed by atoms with Crippen molar-refractivity contribution in [2.75, 3.05) is 6.61 Å². The van der Waals surface area contributed by atoms with Crippen LogP contribution in [0.2, 0.25) is 0 Å². The van der Waals surface area contributed by atoms with Crippen molar-refractivity contribution in [1.29, 1.82) is 0 Å². The summed E-state index contributed by atoms with van der Waals surface area (Å²) < 4.78 is 6.02. The monoisotopic (exact) mass is 300 g/mol. The second-order valence-corrected chi connectivity index (χ2v) is 6.81. The van der Waals surface area contributed by atoms with Gasteiger partial charge in [0.2, 0.25) is 0 Å². The maximum Gasteiger partial charge on any atom is 0.120 e. The van der Waals surface area contributed by atoms with Gasteiger partial charge >= 0.3 is 0 Å². The van der Waals surface area contributed by atoms with Crippen LogP contribution in [0, 0.1) is 0 Å². The summed E-state index contributed by atoms with van der Waals surface area (Å²) in [6, 6.07) is 18.2. The fraction of sp³-hybridized carbons (Fsp3) is 0.273. The van der Waals surface area contributed by atoms with E-state index in [4.69, 9.17) is 4.74 Å². The van der Waals surface area contributed by atoms with Gasteiger partial charge in [-0.2, -0.15) is 0 Å². The smallest absolute Gasteiger partial charge is 0.120 e. The van der Waals surface area contributed by atoms with Gasteiger partial charge in [-0.1, -0.05) is 49.2 Å². The highest BCUT2D eigenvalue weighted by Crippen LogP contribution is 2.37. The molecule has 114 valence electrons. The standard InChI is InChI=1S/C22H20O/c1-2-4-10-23-20-13-18-8-6-16-11-15(5-3-1)12-17-7-9-19(14-20)22(18)21(16)17/h6-9,11-14H,1-5,10H2. The van der Waals surface area contributed by atoms with E-state index in [1.165, 1.54) is 63.6 Å². The van der Waals surface area contributed by atoms with E-state index in [9.17, 15) is 0 Å². The van der Waals surface area contributed by atoms with Crippen molar-refractivity contribution in [2.45, 2.75) is 32.1 Å². The molecular weight excluding hydrogens is 280 g/mol. The number of aryl methyl sites for hydroxylation is 1. The maximum absolute atomic E-state index is 6.02. The van der Waals surface area contributed by atoms with Gasteiger partial charge in [0.05, 0.1) is 6.61 Å². The van der Waals surface area contributed by atoms with Crippen LogP contribution in [0.25, 0.3) is 32.3 Å². The lowest BCUT2D eigenvalue weighted by Crippen LogP contribution is -1.97. The highest BCUT2D eigenvalue weighted by molar-refractivity contribution is 6.23. The third kappa shape index (κ3) is 2.15. The molecular formula is C22H20O. The number of rotatable bonds is 0. The zero-order valence-electron chi connectivity index (χ0n) is 13.3. The maximum atomic E-state index is 6.02. The molecule has 1 heteroatoms. The SMILES string of the molecule is c1cc2cc3cc4ccc5cc(cc1c5c24)CCCCCCO3. The minimum atomic E-state index is 0.825. The topological polar surface area (TPSA) is 9.23 Å². The van der Waals surface area contributed by atoms with Gasteiger partial charge in [-0.3, -0.25) is 0 Å². The third-order valence-corrected chi connectivity index (χ3v) is 5.20. The van der Waals surface area contributed by atoms with Crippen LogP contribution in [-0.4, -0.2) is 6.61 Å². The lowest BCUT2D eigenvalue weighted by atomic mass is 9.92. The van der Waals surface area contributed by atoms with Crippen LogP contribution in [0.3, 0.4) is 0 Å². The first-order valence-corrected chi connectivity index (χ1v) is 8.73. The fourth-order valence-corrected chi connectivity index (χ4v) is 4.08. The van der Waals surface area contributed by atoms with Gasteiger partial charge in [-0.15, -0.1) is 0 Å². The number of hydrogen-bond donors (Lipinski definition) is 0. The molecule has 8 bridgehead atoms. The van der Waals surface area contributed by atoms with E-state index in [1.807, 2.05) is 0 Å². The molecule has 4 heterocycles. The van der Waals surface area contributed by atoms with Crippen molar-refractivity contribution in [3.05, 3.63) is 54.1 Å². The quantitative estimate of drug-likeness (QED) is 0.358. The van der Waals surface area contributed by atoms with Crippen LogP contribution < -0.4 is 4.74 Å². The molecule has 4 aliphatic rings. The Morgan fingerprint density at radius 1 is 0.609 bits per heavy atom. The molecule has 0 saturated carbocycles. The number of fused-ring (bicyclic) bond motifs is 2. The van der Waals surface area contributed by atoms with Crippen molar-refractivity contribution in [3.8, 4) is 5.75 Å². The van der Waals surface area contributed by atoms with Crippen molar-refractivity contribution < 1.29 is 4.74 Å². The van der Waals surface area contributed by atoms with E-state index in [0.29, 0.717) is 0 Å². The van der Waals surface area contributed by atoms with E-state index in [-0.39, 0.29) is 0 Å². The molecule has 4 aromatic carbocycles. The Balaban J connectivity index is 1.87. The molecule has 0 spiro atoms. The van der Waals surface area contributed by atoms with Crippen LogP contribution in [-0.2, 0) is 6.42 Å². The minimum absolute atomic E-state index is 0.825. The van der Waals surface area contributed by atoms with Gasteiger partial charge in [0.25, 0.3) is 0 Å². The first-order chi connectivity index (χ1) is 11.4. The second kappa shape index (κ2) is 5.13. The predicted octanol–water partition coefficient (Wildman–Crippen LogP) is 6.08. The minimum Gasteiger partial charge on any atom is -0.494 e. The lowest BCUT2D eigenvalue weighted by molar-refractivity contribution is 0.305. The van der Waals surface area contributed by atoms with Gasteiger partial charge < -0.3 is 4.74 Å². The van der Waals surface area contributed by atoms with Crippen molar-refractivity contribution in [3.63, 3.8) is 0 Å². The average molecular weight is 300 g/mol. The highest BCUT2D eigenvalue weighted by atomic mass is 16.5. The summed E-state index contributed by atoms with van der Waals surface area (Å²) in [5, 5.41) is 8.12. The van der Waals surface area contributed by atoms with Gasteiger partial charge in [0.1, 0.15) is 5.75 Å². The molecule has 0 fully saturated rings. The predicted molar refractivity (Wildman–Crippen MR) is 97.8 cm³/mol. The second-order valence-electron chi connectivity index (χ2n) is 6.81. The molecule has 0 N–H and O–H groups in total. The molecule has 4 aliphatic heterocycles. The van der Waals surface area contributed by atoms with Crippen molar-refractivity contribution >= 4 is 32.3 Å². The summed E-state index contributed by atoms with van der Waals surface area (Å²) in [4.78, 5) is 0. The molecule has 0 atom stereocenters. The number of benzene rings is 4. The zero-order chi connectivity index (χ0) is 15.2. The Morgan fingerprint density at radius 3 is 1.83 bits per heavy atom. The van der Waals surface area contributed by atoms with E-state index < -0.39 is 0 Å². The molecule has 23 heavy (non-hydrogen) atoms. The summed E-state index contributed by atoms with van der Waals surface area (Å²) >= 11 is 0. The third-order valence-electron chi connectivity index (χ3n) is 5.20. The van der Waals surface area contributed by atoms with E-state index >= 15 is 0 Å². The first kappa shape index (κ1) is 13.2. The Hall–Kier alpha value is -2.28. The van der Waals surface area contributed by atoms with Crippen molar-refractivity contribution in [1.82, 2.24) is 0 Å². The summed E-state index contributed by atoms with van der Waals surface area (Å²) in [6.45, 7) is 0.825. The van der Waals surface area contributed by atoms with Crippen LogP contribution in [0.15, 0.2) is 48.5 Å². The van der Waals surface area contributed by atoms with E-state index in [2.05, 4.69) is 48.5 Å². The van der Waals surface area contributed by atoms with Crippen LogP contribution >= 0.6 is 0 Å². The molecule has 0 aliphatic carbocycles. The molecule has 0 unspecified atom stereocenters. The molecule has 1 nitrogen and oxygen atoms in total.